The van der Waals surface area contributed by atoms with E-state index in [-0.39, 0.29) is 0 Å². The molecule has 26 heavy (non-hydrogen) atoms. The van der Waals surface area contributed by atoms with Crippen molar-refractivity contribution in [3.63, 3.8) is 0 Å². The van der Waals surface area contributed by atoms with Crippen LogP contribution in [0.15, 0.2) is 24.3 Å². The van der Waals surface area contributed by atoms with Crippen LogP contribution in [0.5, 0.6) is 0 Å². The van der Waals surface area contributed by atoms with Crippen molar-refractivity contribution < 1.29 is 0 Å². The summed E-state index contributed by atoms with van der Waals surface area (Å²) in [6.45, 7) is 9.16. The normalized spacial score (nSPS) is 30.0. The Morgan fingerprint density at radius 1 is 0.808 bits per heavy atom. The molecule has 0 unspecified atom stereocenters. The van der Waals surface area contributed by atoms with Crippen LogP contribution in [0.2, 0.25) is 0 Å². The number of unbranched alkanes of at least 4 members (excludes halogenated alkanes) is 1. The molecule has 3 rings (SSSR count). The molecular formula is C26H40. The number of allylic oxidation sites excluding steroid dienone is 2. The highest BCUT2D eigenvalue weighted by atomic mass is 14.4. The zero-order chi connectivity index (χ0) is 18.5. The molecule has 0 radical (unpaired) electrons. The maximum Gasteiger partial charge on any atom is -0.0159 e. The Bertz CT molecular complexity index is 593. The van der Waals surface area contributed by atoms with E-state index in [4.69, 9.17) is 0 Å². The Balaban J connectivity index is 1.50. The molecule has 0 bridgehead atoms. The summed E-state index contributed by atoms with van der Waals surface area (Å²) >= 11 is 0. The summed E-state index contributed by atoms with van der Waals surface area (Å²) in [5.41, 5.74) is 6.17. The average molecular weight is 353 g/mol. The van der Waals surface area contributed by atoms with E-state index in [9.17, 15) is 0 Å². The van der Waals surface area contributed by atoms with Crippen molar-refractivity contribution in [3.8, 4) is 0 Å². The van der Waals surface area contributed by atoms with Gasteiger partial charge in [0.25, 0.3) is 0 Å². The monoisotopic (exact) mass is 352 g/mol. The van der Waals surface area contributed by atoms with Gasteiger partial charge in [0.2, 0.25) is 0 Å². The Labute approximate surface area is 162 Å². The second-order valence-corrected chi connectivity index (χ2v) is 9.23. The number of benzene rings is 1. The third-order valence-electron chi connectivity index (χ3n) is 7.66. The van der Waals surface area contributed by atoms with Crippen molar-refractivity contribution >= 4 is 0 Å². The highest BCUT2D eigenvalue weighted by molar-refractivity contribution is 5.40. The smallest absolute Gasteiger partial charge is 0.0159 e. The topological polar surface area (TPSA) is 0 Å². The Hall–Kier alpha value is -1.04. The van der Waals surface area contributed by atoms with Crippen LogP contribution in [0, 0.1) is 38.5 Å². The summed E-state index contributed by atoms with van der Waals surface area (Å²) in [4.78, 5) is 0. The third-order valence-corrected chi connectivity index (χ3v) is 7.66. The minimum Gasteiger partial charge on any atom is -0.0883 e. The van der Waals surface area contributed by atoms with Gasteiger partial charge in [0, 0.05) is 0 Å². The molecule has 0 aliphatic heterocycles. The lowest BCUT2D eigenvalue weighted by atomic mass is 9.68. The van der Waals surface area contributed by atoms with E-state index in [1.54, 1.807) is 11.1 Å². The van der Waals surface area contributed by atoms with Crippen LogP contribution in [0.4, 0.5) is 0 Å². The van der Waals surface area contributed by atoms with Gasteiger partial charge in [0.1, 0.15) is 0 Å². The van der Waals surface area contributed by atoms with E-state index in [1.807, 2.05) is 0 Å². The summed E-state index contributed by atoms with van der Waals surface area (Å²) in [6, 6.07) is 4.77. The van der Waals surface area contributed by atoms with Gasteiger partial charge in [-0.15, -0.1) is 0 Å². The first kappa shape index (κ1) is 19.7. The summed E-state index contributed by atoms with van der Waals surface area (Å²) in [5, 5.41) is 0. The predicted molar refractivity (Wildman–Crippen MR) is 115 cm³/mol. The first-order chi connectivity index (χ1) is 12.6. The Morgan fingerprint density at radius 3 is 2.04 bits per heavy atom. The summed E-state index contributed by atoms with van der Waals surface area (Å²) < 4.78 is 0. The van der Waals surface area contributed by atoms with Crippen LogP contribution in [0.25, 0.3) is 0 Å². The van der Waals surface area contributed by atoms with Crippen LogP contribution in [-0.4, -0.2) is 0 Å². The SMILES string of the molecule is CCC/C=C/C1CCC(C2CCC(c3ccc(C)c(C)c3C)CC2)CC1. The molecule has 1 aromatic carbocycles. The van der Waals surface area contributed by atoms with Crippen molar-refractivity contribution in [1.82, 2.24) is 0 Å². The van der Waals surface area contributed by atoms with Gasteiger partial charge in [-0.1, -0.05) is 37.6 Å². The molecule has 0 atom stereocenters. The molecule has 0 heteroatoms. The largest absolute Gasteiger partial charge is 0.0883 e. The second-order valence-electron chi connectivity index (χ2n) is 9.23. The lowest BCUT2D eigenvalue weighted by Crippen LogP contribution is -2.25. The number of rotatable bonds is 5. The van der Waals surface area contributed by atoms with Crippen LogP contribution in [0.1, 0.15) is 99.3 Å². The minimum absolute atomic E-state index is 0.818. The van der Waals surface area contributed by atoms with E-state index in [0.29, 0.717) is 0 Å². The lowest BCUT2D eigenvalue weighted by molar-refractivity contribution is 0.171. The Morgan fingerprint density at radius 2 is 1.42 bits per heavy atom. The molecule has 0 nitrogen and oxygen atoms in total. The standard InChI is InChI=1S/C26H40/c1-5-6-7-8-22-10-12-23(13-11-22)24-14-16-25(17-15-24)26-18-9-19(2)20(3)21(26)4/h7-9,18,22-25H,5-6,10-17H2,1-4H3/b8-7+. The molecule has 144 valence electrons. The minimum atomic E-state index is 0.818. The van der Waals surface area contributed by atoms with Crippen LogP contribution >= 0.6 is 0 Å². The molecule has 2 aliphatic rings. The van der Waals surface area contributed by atoms with Gasteiger partial charge in [0.15, 0.2) is 0 Å². The van der Waals surface area contributed by atoms with Crippen molar-refractivity contribution in [2.75, 3.05) is 0 Å². The summed E-state index contributed by atoms with van der Waals surface area (Å²) in [5.74, 6) is 3.73. The number of aryl methyl sites for hydroxylation is 1. The molecule has 1 aromatic rings. The highest BCUT2D eigenvalue weighted by Gasteiger charge is 2.31. The van der Waals surface area contributed by atoms with Gasteiger partial charge in [0.05, 0.1) is 0 Å². The molecule has 2 fully saturated rings. The molecule has 2 aliphatic carbocycles. The molecule has 0 spiro atoms. The molecule has 0 heterocycles. The molecule has 0 saturated heterocycles. The van der Waals surface area contributed by atoms with Gasteiger partial charge in [-0.3, -0.25) is 0 Å². The highest BCUT2D eigenvalue weighted by Crippen LogP contribution is 2.44. The fraction of sp³-hybridized carbons (Fsp3) is 0.692. The lowest BCUT2D eigenvalue weighted by Gasteiger charge is -2.38. The molecule has 0 N–H and O–H groups in total. The maximum absolute atomic E-state index is 2.53. The molecule has 0 aromatic heterocycles. The first-order valence-corrected chi connectivity index (χ1v) is 11.3. The van der Waals surface area contributed by atoms with E-state index < -0.39 is 0 Å². The van der Waals surface area contributed by atoms with E-state index in [0.717, 1.165) is 23.7 Å². The van der Waals surface area contributed by atoms with Crippen LogP contribution in [0.3, 0.4) is 0 Å². The van der Waals surface area contributed by atoms with Gasteiger partial charge in [-0.25, -0.2) is 0 Å². The van der Waals surface area contributed by atoms with Gasteiger partial charge in [-0.05, 0) is 124 Å². The fourth-order valence-corrected chi connectivity index (χ4v) is 5.59. The zero-order valence-electron chi connectivity index (χ0n) is 17.7. The number of hydrogen-bond acceptors (Lipinski definition) is 0. The zero-order valence-corrected chi connectivity index (χ0v) is 17.7. The predicted octanol–water partition coefficient (Wildman–Crippen LogP) is 8.05. The van der Waals surface area contributed by atoms with Gasteiger partial charge < -0.3 is 0 Å². The molecule has 0 amide bonds. The fourth-order valence-electron chi connectivity index (χ4n) is 5.59. The quantitative estimate of drug-likeness (QED) is 0.470. The van der Waals surface area contributed by atoms with Crippen molar-refractivity contribution in [1.29, 1.82) is 0 Å². The summed E-state index contributed by atoms with van der Waals surface area (Å²) in [6.07, 6.45) is 19.2. The van der Waals surface area contributed by atoms with Crippen molar-refractivity contribution in [2.24, 2.45) is 17.8 Å². The van der Waals surface area contributed by atoms with E-state index in [1.165, 1.54) is 75.3 Å². The van der Waals surface area contributed by atoms with Crippen molar-refractivity contribution in [2.45, 2.75) is 97.8 Å². The summed E-state index contributed by atoms with van der Waals surface area (Å²) in [7, 11) is 0. The first-order valence-electron chi connectivity index (χ1n) is 11.3. The average Bonchev–Trinajstić information content (AvgIpc) is 2.67. The van der Waals surface area contributed by atoms with E-state index in [2.05, 4.69) is 52.0 Å². The third kappa shape index (κ3) is 4.62. The van der Waals surface area contributed by atoms with Gasteiger partial charge >= 0.3 is 0 Å². The van der Waals surface area contributed by atoms with Crippen LogP contribution in [-0.2, 0) is 0 Å². The van der Waals surface area contributed by atoms with Gasteiger partial charge in [-0.2, -0.15) is 0 Å². The maximum atomic E-state index is 2.53. The Kier molecular flexibility index (Phi) is 7.01. The number of hydrogen-bond donors (Lipinski definition) is 0. The molecular weight excluding hydrogens is 312 g/mol. The second kappa shape index (κ2) is 9.25. The molecule has 2 saturated carbocycles. The van der Waals surface area contributed by atoms with Crippen LogP contribution < -0.4 is 0 Å². The van der Waals surface area contributed by atoms with Crippen molar-refractivity contribution in [3.05, 3.63) is 46.5 Å². The van der Waals surface area contributed by atoms with E-state index >= 15 is 0 Å².